The first-order valence-corrected chi connectivity index (χ1v) is 6.85. The fourth-order valence-electron chi connectivity index (χ4n) is 2.08. The van der Waals surface area contributed by atoms with Crippen molar-refractivity contribution in [1.82, 2.24) is 0 Å². The summed E-state index contributed by atoms with van der Waals surface area (Å²) in [4.78, 5) is 0. The van der Waals surface area contributed by atoms with Gasteiger partial charge in [-0.25, -0.2) is 0 Å². The maximum Gasteiger partial charge on any atom is 0.494 e. The Labute approximate surface area is 121 Å². The van der Waals surface area contributed by atoms with Gasteiger partial charge >= 0.3 is 7.12 Å². The predicted octanol–water partition coefficient (Wildman–Crippen LogP) is 2.28. The molecule has 0 amide bonds. The van der Waals surface area contributed by atoms with E-state index in [1.54, 1.807) is 7.11 Å². The lowest BCUT2D eigenvalue weighted by Gasteiger charge is -2.32. The van der Waals surface area contributed by atoms with Crippen LogP contribution in [-0.2, 0) is 14.0 Å². The smallest absolute Gasteiger partial charge is 0.467 e. The van der Waals surface area contributed by atoms with Crippen LogP contribution < -0.4 is 10.2 Å². The Hall–Kier alpha value is -1.04. The van der Waals surface area contributed by atoms with E-state index >= 15 is 0 Å². The van der Waals surface area contributed by atoms with Crippen LogP contribution in [0.25, 0.3) is 0 Å². The van der Waals surface area contributed by atoms with Gasteiger partial charge in [-0.1, -0.05) is 12.1 Å². The van der Waals surface area contributed by atoms with Gasteiger partial charge in [0.1, 0.15) is 5.75 Å². The zero-order valence-corrected chi connectivity index (χ0v) is 13.1. The van der Waals surface area contributed by atoms with E-state index in [1.807, 2.05) is 25.1 Å². The summed E-state index contributed by atoms with van der Waals surface area (Å²) in [5.74, 6) is 0.812. The zero-order chi connectivity index (χ0) is 15.0. The molecule has 0 spiro atoms. The van der Waals surface area contributed by atoms with Crippen LogP contribution in [0.3, 0.4) is 0 Å². The van der Waals surface area contributed by atoms with Crippen LogP contribution in [0.2, 0.25) is 0 Å². The van der Waals surface area contributed by atoms with Crippen molar-refractivity contribution >= 4 is 12.6 Å². The van der Waals surface area contributed by atoms with Crippen LogP contribution in [0.5, 0.6) is 5.75 Å². The highest BCUT2D eigenvalue weighted by Gasteiger charge is 2.51. The first-order valence-electron chi connectivity index (χ1n) is 6.85. The molecule has 4 nitrogen and oxygen atoms in total. The van der Waals surface area contributed by atoms with Gasteiger partial charge < -0.3 is 18.8 Å². The van der Waals surface area contributed by atoms with Gasteiger partial charge in [-0.3, -0.25) is 0 Å². The number of hydrogen-bond donors (Lipinski definition) is 0. The van der Waals surface area contributed by atoms with Crippen LogP contribution in [0.1, 0.15) is 33.3 Å². The predicted molar refractivity (Wildman–Crippen MR) is 79.4 cm³/mol. The molecule has 0 bridgehead atoms. The first kappa shape index (κ1) is 15.4. The molecule has 2 rings (SSSR count). The molecule has 1 aromatic carbocycles. The molecule has 1 aliphatic rings. The van der Waals surface area contributed by atoms with E-state index < -0.39 is 0 Å². The Morgan fingerprint density at radius 3 is 2.20 bits per heavy atom. The zero-order valence-electron chi connectivity index (χ0n) is 13.1. The minimum atomic E-state index is -0.338. The summed E-state index contributed by atoms with van der Waals surface area (Å²) >= 11 is 0. The number of methoxy groups -OCH3 is 1. The minimum absolute atomic E-state index is 0.247. The van der Waals surface area contributed by atoms with Crippen molar-refractivity contribution in [2.45, 2.75) is 45.8 Å². The third-order valence-electron chi connectivity index (χ3n) is 4.06. The van der Waals surface area contributed by atoms with Crippen LogP contribution in [-0.4, -0.2) is 32.2 Å². The molecule has 1 heterocycles. The van der Waals surface area contributed by atoms with Crippen molar-refractivity contribution < 1.29 is 18.8 Å². The Kier molecular flexibility index (Phi) is 4.14. The van der Waals surface area contributed by atoms with E-state index in [2.05, 4.69) is 27.7 Å². The molecule has 1 fully saturated rings. The van der Waals surface area contributed by atoms with Gasteiger partial charge in [0, 0.05) is 7.11 Å². The van der Waals surface area contributed by atoms with E-state index in [-0.39, 0.29) is 25.1 Å². The molecular formula is C15H23BO4. The summed E-state index contributed by atoms with van der Waals surface area (Å²) in [6.07, 6.45) is 0. The summed E-state index contributed by atoms with van der Waals surface area (Å²) in [7, 11) is 1.27. The summed E-state index contributed by atoms with van der Waals surface area (Å²) < 4.78 is 22.5. The number of benzene rings is 1. The Morgan fingerprint density at radius 1 is 1.10 bits per heavy atom. The summed E-state index contributed by atoms with van der Waals surface area (Å²) in [6.45, 7) is 10.5. The average molecular weight is 278 g/mol. The SMILES string of the molecule is COCOc1ccc(B2OC(C)(C)C(C)(C)O2)cc1C. The number of aryl methyl sites for hydroxylation is 1. The molecule has 20 heavy (non-hydrogen) atoms. The van der Waals surface area contributed by atoms with Crippen molar-refractivity contribution in [2.75, 3.05) is 13.9 Å². The van der Waals surface area contributed by atoms with Gasteiger partial charge in [-0.2, -0.15) is 0 Å². The molecule has 0 aliphatic carbocycles. The Balaban J connectivity index is 2.17. The Bertz CT molecular complexity index is 469. The maximum atomic E-state index is 6.04. The largest absolute Gasteiger partial charge is 0.494 e. The lowest BCUT2D eigenvalue weighted by Crippen LogP contribution is -2.41. The van der Waals surface area contributed by atoms with Gasteiger partial charge in [-0.05, 0) is 51.7 Å². The second kappa shape index (κ2) is 5.39. The van der Waals surface area contributed by atoms with Crippen LogP contribution in [0.4, 0.5) is 0 Å². The summed E-state index contributed by atoms with van der Waals surface area (Å²) in [6, 6.07) is 5.93. The molecule has 1 aliphatic heterocycles. The number of hydrogen-bond acceptors (Lipinski definition) is 4. The van der Waals surface area contributed by atoms with Crippen molar-refractivity contribution in [3.63, 3.8) is 0 Å². The van der Waals surface area contributed by atoms with Crippen LogP contribution >= 0.6 is 0 Å². The molecule has 1 aromatic rings. The van der Waals surface area contributed by atoms with E-state index in [0.29, 0.717) is 0 Å². The highest BCUT2D eigenvalue weighted by atomic mass is 16.7. The molecule has 0 N–H and O–H groups in total. The van der Waals surface area contributed by atoms with E-state index in [9.17, 15) is 0 Å². The van der Waals surface area contributed by atoms with Gasteiger partial charge in [-0.15, -0.1) is 0 Å². The molecule has 5 heteroatoms. The van der Waals surface area contributed by atoms with Crippen molar-refractivity contribution in [3.05, 3.63) is 23.8 Å². The molecule has 0 saturated carbocycles. The quantitative estimate of drug-likeness (QED) is 0.625. The highest BCUT2D eigenvalue weighted by Crippen LogP contribution is 2.36. The Morgan fingerprint density at radius 2 is 1.70 bits per heavy atom. The van der Waals surface area contributed by atoms with E-state index in [4.69, 9.17) is 18.8 Å². The van der Waals surface area contributed by atoms with Crippen LogP contribution in [0.15, 0.2) is 18.2 Å². The van der Waals surface area contributed by atoms with Gasteiger partial charge in [0.2, 0.25) is 0 Å². The molecule has 110 valence electrons. The van der Waals surface area contributed by atoms with Crippen molar-refractivity contribution in [1.29, 1.82) is 0 Å². The fraction of sp³-hybridized carbons (Fsp3) is 0.600. The van der Waals surface area contributed by atoms with E-state index in [0.717, 1.165) is 16.8 Å². The molecule has 0 unspecified atom stereocenters. The molecule has 0 atom stereocenters. The summed E-state index contributed by atoms with van der Waals surface area (Å²) in [5, 5.41) is 0. The average Bonchev–Trinajstić information content (AvgIpc) is 2.57. The topological polar surface area (TPSA) is 36.9 Å². The standard InChI is InChI=1S/C15H23BO4/c1-11-9-12(7-8-13(11)18-10-17-6)16-19-14(2,3)15(4,5)20-16/h7-9H,10H2,1-6H3. The van der Waals surface area contributed by atoms with Gasteiger partial charge in [0.05, 0.1) is 11.2 Å². The lowest BCUT2D eigenvalue weighted by molar-refractivity contribution is 0.00578. The third-order valence-corrected chi connectivity index (χ3v) is 4.06. The van der Waals surface area contributed by atoms with Gasteiger partial charge in [0.25, 0.3) is 0 Å². The molecular weight excluding hydrogens is 255 g/mol. The third kappa shape index (κ3) is 2.85. The second-order valence-electron chi connectivity index (χ2n) is 6.16. The van der Waals surface area contributed by atoms with E-state index in [1.165, 1.54) is 0 Å². The minimum Gasteiger partial charge on any atom is -0.467 e. The highest BCUT2D eigenvalue weighted by molar-refractivity contribution is 6.62. The van der Waals surface area contributed by atoms with Crippen molar-refractivity contribution in [2.24, 2.45) is 0 Å². The normalized spacial score (nSPS) is 20.2. The molecule has 0 aromatic heterocycles. The number of rotatable bonds is 4. The number of ether oxygens (including phenoxy) is 2. The molecule has 1 saturated heterocycles. The maximum absolute atomic E-state index is 6.04. The van der Waals surface area contributed by atoms with Crippen molar-refractivity contribution in [3.8, 4) is 5.75 Å². The van der Waals surface area contributed by atoms with Crippen LogP contribution in [0, 0.1) is 6.92 Å². The lowest BCUT2D eigenvalue weighted by atomic mass is 9.78. The fourth-order valence-corrected chi connectivity index (χ4v) is 2.08. The first-order chi connectivity index (χ1) is 9.27. The monoisotopic (exact) mass is 278 g/mol. The van der Waals surface area contributed by atoms with Gasteiger partial charge in [0.15, 0.2) is 6.79 Å². The second-order valence-corrected chi connectivity index (χ2v) is 6.16. The summed E-state index contributed by atoms with van der Waals surface area (Å²) in [5.41, 5.74) is 1.40. The molecule has 0 radical (unpaired) electrons.